The fraction of sp³-hybridized carbons (Fsp3) is 0.231. The summed E-state index contributed by atoms with van der Waals surface area (Å²) in [6.07, 6.45) is 3.36. The second kappa shape index (κ2) is 13.2. The van der Waals surface area contributed by atoms with Gasteiger partial charge in [-0.25, -0.2) is 0 Å². The van der Waals surface area contributed by atoms with Crippen molar-refractivity contribution in [1.29, 1.82) is 0 Å². The molecule has 4 atom stereocenters. The highest BCUT2D eigenvalue weighted by atomic mass is 35.5. The number of hydrogen-bond donors (Lipinski definition) is 3. The number of phenols is 1. The van der Waals surface area contributed by atoms with Gasteiger partial charge in [0.05, 0.1) is 41.9 Å². The van der Waals surface area contributed by atoms with Gasteiger partial charge in [-0.1, -0.05) is 60.1 Å². The largest absolute Gasteiger partial charge is 0.508 e. The molecule has 0 spiro atoms. The lowest BCUT2D eigenvalue weighted by Crippen LogP contribution is -2.35. The molecule has 3 aliphatic rings. The van der Waals surface area contributed by atoms with Crippen molar-refractivity contribution in [3.8, 4) is 5.75 Å². The molecule has 2 aliphatic heterocycles. The number of anilines is 3. The van der Waals surface area contributed by atoms with Crippen molar-refractivity contribution in [2.45, 2.75) is 25.4 Å². The van der Waals surface area contributed by atoms with Crippen molar-refractivity contribution in [3.05, 3.63) is 130 Å². The van der Waals surface area contributed by atoms with Crippen molar-refractivity contribution in [2.24, 2.45) is 17.8 Å². The number of para-hydroxylation sites is 1. The molecule has 0 aromatic heterocycles. The number of nitrogens with one attached hydrogen (secondary N) is 1. The maximum absolute atomic E-state index is 14.0. The van der Waals surface area contributed by atoms with Crippen LogP contribution in [0.4, 0.5) is 17.1 Å². The van der Waals surface area contributed by atoms with Crippen LogP contribution in [-0.4, -0.2) is 41.3 Å². The molecular formula is C39H35ClN2O5. The Morgan fingerprint density at radius 3 is 2.30 bits per heavy atom. The number of ether oxygens (including phenoxy) is 1. The number of nitrogens with zero attached hydrogens (tertiary/aromatic N) is 1. The van der Waals surface area contributed by atoms with Gasteiger partial charge in [0.25, 0.3) is 0 Å². The average molecular weight is 647 g/mol. The average Bonchev–Trinajstić information content (AvgIpc) is 3.62. The molecule has 2 saturated heterocycles. The summed E-state index contributed by atoms with van der Waals surface area (Å²) in [5.41, 5.74) is 7.00. The maximum Gasteiger partial charge on any atom is 0.238 e. The highest BCUT2D eigenvalue weighted by molar-refractivity contribution is 6.32. The quantitative estimate of drug-likeness (QED) is 0.0983. The van der Waals surface area contributed by atoms with Gasteiger partial charge < -0.3 is 20.3 Å². The Hall–Kier alpha value is -4.69. The number of allylic oxidation sites excluding steroid dienone is 1. The number of hydrogen-bond acceptors (Lipinski definition) is 6. The Labute approximate surface area is 278 Å². The minimum atomic E-state index is -0.528. The Bertz CT molecular complexity index is 1860. The van der Waals surface area contributed by atoms with E-state index in [0.29, 0.717) is 36.6 Å². The number of amides is 2. The van der Waals surface area contributed by atoms with Crippen molar-refractivity contribution >= 4 is 52.1 Å². The van der Waals surface area contributed by atoms with Crippen LogP contribution in [0.15, 0.2) is 114 Å². The van der Waals surface area contributed by atoms with Gasteiger partial charge in [0.2, 0.25) is 11.8 Å². The molecule has 238 valence electrons. The summed E-state index contributed by atoms with van der Waals surface area (Å²) in [7, 11) is 0. The van der Waals surface area contributed by atoms with Gasteiger partial charge in [-0.05, 0) is 108 Å². The zero-order valence-electron chi connectivity index (χ0n) is 25.7. The van der Waals surface area contributed by atoms with Crippen LogP contribution in [-0.2, 0) is 14.3 Å². The third-order valence-electron chi connectivity index (χ3n) is 9.52. The highest BCUT2D eigenvalue weighted by Gasteiger charge is 2.57. The highest BCUT2D eigenvalue weighted by Crippen LogP contribution is 2.50. The number of halogens is 1. The number of aliphatic hydroxyl groups is 1. The lowest BCUT2D eigenvalue weighted by atomic mass is 9.69. The second-order valence-corrected chi connectivity index (χ2v) is 12.7. The predicted octanol–water partition coefficient (Wildman–Crippen LogP) is 7.62. The molecule has 3 N–H and O–H groups in total. The molecule has 0 unspecified atom stereocenters. The van der Waals surface area contributed by atoms with E-state index >= 15 is 0 Å². The lowest BCUT2D eigenvalue weighted by Gasteiger charge is -2.31. The summed E-state index contributed by atoms with van der Waals surface area (Å²) in [6, 6.07) is 32.1. The van der Waals surface area contributed by atoms with E-state index in [1.54, 1.807) is 24.3 Å². The first-order valence-corrected chi connectivity index (χ1v) is 16.3. The Balaban J connectivity index is 1.11. The van der Waals surface area contributed by atoms with Gasteiger partial charge in [-0.15, -0.1) is 0 Å². The lowest BCUT2D eigenvalue weighted by molar-refractivity contribution is -0.122. The van der Waals surface area contributed by atoms with Gasteiger partial charge in [0, 0.05) is 17.3 Å². The topological polar surface area (TPSA) is 99.1 Å². The number of carbonyl (C=O) groups excluding carboxylic acids is 2. The van der Waals surface area contributed by atoms with E-state index in [1.807, 2.05) is 78.9 Å². The number of benzene rings is 4. The van der Waals surface area contributed by atoms with Crippen LogP contribution in [0.1, 0.15) is 30.4 Å². The molecule has 8 heteroatoms. The Morgan fingerprint density at radius 1 is 0.894 bits per heavy atom. The fourth-order valence-corrected chi connectivity index (χ4v) is 7.54. The van der Waals surface area contributed by atoms with E-state index in [-0.39, 0.29) is 36.2 Å². The van der Waals surface area contributed by atoms with Gasteiger partial charge in [-0.2, -0.15) is 0 Å². The molecule has 4 aromatic carbocycles. The SMILES string of the molecule is O=C1[C@@H]2[C@@H](CC(CO)=C3[C@@H](CC/C(=C/c4ccc(O)cc4Cl)c4ccccc4)OC[C@@H]32)C(=O)N1c1ccc(Nc2ccccc2)cc1. The molecule has 0 bridgehead atoms. The molecule has 7 nitrogen and oxygen atoms in total. The summed E-state index contributed by atoms with van der Waals surface area (Å²) in [4.78, 5) is 29.1. The van der Waals surface area contributed by atoms with Crippen LogP contribution in [0.25, 0.3) is 11.6 Å². The van der Waals surface area contributed by atoms with Crippen molar-refractivity contribution in [2.75, 3.05) is 23.4 Å². The molecule has 0 saturated carbocycles. The summed E-state index contributed by atoms with van der Waals surface area (Å²) in [5, 5.41) is 24.1. The number of carbonyl (C=O) groups is 2. The number of aliphatic hydroxyl groups excluding tert-OH is 1. The molecule has 4 aromatic rings. The smallest absolute Gasteiger partial charge is 0.238 e. The van der Waals surface area contributed by atoms with E-state index < -0.39 is 11.8 Å². The van der Waals surface area contributed by atoms with Crippen molar-refractivity contribution in [1.82, 2.24) is 0 Å². The third-order valence-corrected chi connectivity index (χ3v) is 9.85. The predicted molar refractivity (Wildman–Crippen MR) is 184 cm³/mol. The van der Waals surface area contributed by atoms with Crippen LogP contribution in [0, 0.1) is 17.8 Å². The number of fused-ring (bicyclic) bond motifs is 3. The monoisotopic (exact) mass is 646 g/mol. The number of imide groups is 1. The fourth-order valence-electron chi connectivity index (χ4n) is 7.32. The zero-order valence-corrected chi connectivity index (χ0v) is 26.4. The number of phenolic OH excluding ortho intramolecular Hbond substituents is 1. The van der Waals surface area contributed by atoms with Crippen LogP contribution >= 0.6 is 11.6 Å². The summed E-state index contributed by atoms with van der Waals surface area (Å²) >= 11 is 6.46. The zero-order chi connectivity index (χ0) is 32.5. The van der Waals surface area contributed by atoms with Gasteiger partial charge in [0.15, 0.2) is 0 Å². The van der Waals surface area contributed by atoms with Gasteiger partial charge in [0.1, 0.15) is 5.75 Å². The minimum Gasteiger partial charge on any atom is -0.508 e. The molecule has 2 amide bonds. The number of aromatic hydroxyl groups is 1. The van der Waals surface area contributed by atoms with Crippen LogP contribution in [0.2, 0.25) is 5.02 Å². The third kappa shape index (κ3) is 6.10. The van der Waals surface area contributed by atoms with E-state index in [1.165, 1.54) is 11.0 Å². The summed E-state index contributed by atoms with van der Waals surface area (Å²) in [5.74, 6) is -1.65. The number of rotatable bonds is 9. The van der Waals surface area contributed by atoms with Crippen LogP contribution in [0.3, 0.4) is 0 Å². The molecular weight excluding hydrogens is 612 g/mol. The van der Waals surface area contributed by atoms with Gasteiger partial charge in [-0.3, -0.25) is 14.5 Å². The first-order valence-electron chi connectivity index (χ1n) is 15.9. The molecule has 2 heterocycles. The standard InChI is InChI=1S/C39H35ClN2O5/c40-34-21-31(44)17-11-26(34)19-25(24-7-3-1-4-8-24)12-18-35-36-27(22-43)20-32-37(33(36)23-47-35)39(46)42(38(32)45)30-15-13-29(14-16-30)41-28-9-5-2-6-10-28/h1-11,13-17,19,21,32-33,35,37,41,43-44H,12,18,20,22-23H2/b25-19-/t32-,33+,35-,37-/m1/s1. The van der Waals surface area contributed by atoms with Crippen molar-refractivity contribution in [3.63, 3.8) is 0 Å². The van der Waals surface area contributed by atoms with E-state index in [9.17, 15) is 19.8 Å². The van der Waals surface area contributed by atoms with Crippen molar-refractivity contribution < 1.29 is 24.5 Å². The first kappa shape index (κ1) is 30.9. The van der Waals surface area contributed by atoms with Crippen LogP contribution < -0.4 is 10.2 Å². The first-order chi connectivity index (χ1) is 22.9. The van der Waals surface area contributed by atoms with E-state index in [4.69, 9.17) is 16.3 Å². The van der Waals surface area contributed by atoms with Gasteiger partial charge >= 0.3 is 0 Å². The Kier molecular flexibility index (Phi) is 8.69. The normalized spacial score (nSPS) is 22.4. The summed E-state index contributed by atoms with van der Waals surface area (Å²) in [6.45, 7) is 0.145. The Morgan fingerprint density at radius 2 is 1.60 bits per heavy atom. The van der Waals surface area contributed by atoms with E-state index in [2.05, 4.69) is 5.32 Å². The minimum absolute atomic E-state index is 0.105. The molecule has 47 heavy (non-hydrogen) atoms. The molecule has 0 radical (unpaired) electrons. The summed E-state index contributed by atoms with van der Waals surface area (Å²) < 4.78 is 6.37. The maximum atomic E-state index is 14.0. The molecule has 2 fully saturated rings. The molecule has 1 aliphatic carbocycles. The van der Waals surface area contributed by atoms with E-state index in [0.717, 1.165) is 39.2 Å². The second-order valence-electron chi connectivity index (χ2n) is 12.3. The molecule has 7 rings (SSSR count). The van der Waals surface area contributed by atoms with Crippen LogP contribution in [0.5, 0.6) is 5.75 Å².